The largest absolute Gasteiger partial charge is 0.497 e. The van der Waals surface area contributed by atoms with Gasteiger partial charge < -0.3 is 14.4 Å². The SMILES string of the molecule is CCCCC1(CC)CN(c2ccccc2)c2cc(Br)c(OC)cc2S(=O)(=O)N1Cc1ccc(OC)cc1. The predicted molar refractivity (Wildman–Crippen MR) is 152 cm³/mol. The average molecular weight is 588 g/mol. The maximum Gasteiger partial charge on any atom is 0.246 e. The molecular formula is C29H35BrN2O4S. The van der Waals surface area contributed by atoms with Crippen molar-refractivity contribution < 1.29 is 17.9 Å². The molecule has 198 valence electrons. The molecule has 0 N–H and O–H groups in total. The zero-order valence-electron chi connectivity index (χ0n) is 21.9. The van der Waals surface area contributed by atoms with E-state index in [4.69, 9.17) is 9.47 Å². The molecule has 0 saturated heterocycles. The van der Waals surface area contributed by atoms with E-state index in [9.17, 15) is 8.42 Å². The number of hydrogen-bond donors (Lipinski definition) is 0. The fraction of sp³-hybridized carbons (Fsp3) is 0.379. The molecule has 8 heteroatoms. The fourth-order valence-electron chi connectivity index (χ4n) is 5.09. The van der Waals surface area contributed by atoms with Gasteiger partial charge in [0.25, 0.3) is 0 Å². The van der Waals surface area contributed by atoms with Crippen LogP contribution in [-0.4, -0.2) is 39.0 Å². The standard InChI is InChI=1S/C29H35BrN2O4S/c1-5-7-17-29(6-2)21-31(23-11-9-8-10-12-23)26-18-25(30)27(36-4)19-28(26)37(33,34)32(29)20-22-13-15-24(35-3)16-14-22/h8-16,18-19H,5-7,17,20-21H2,1-4H3. The summed E-state index contributed by atoms with van der Waals surface area (Å²) >= 11 is 3.60. The molecule has 1 atom stereocenters. The first-order valence-electron chi connectivity index (χ1n) is 12.7. The zero-order chi connectivity index (χ0) is 26.6. The summed E-state index contributed by atoms with van der Waals surface area (Å²) in [6, 6.07) is 21.2. The molecule has 3 aromatic carbocycles. The smallest absolute Gasteiger partial charge is 0.246 e. The first kappa shape index (κ1) is 27.5. The second-order valence-electron chi connectivity index (χ2n) is 9.42. The molecule has 0 radical (unpaired) electrons. The number of methoxy groups -OCH3 is 2. The van der Waals surface area contributed by atoms with Crippen molar-refractivity contribution in [2.45, 2.75) is 56.5 Å². The van der Waals surface area contributed by atoms with E-state index in [1.165, 1.54) is 0 Å². The van der Waals surface area contributed by atoms with E-state index in [2.05, 4.69) is 34.7 Å². The Hall–Kier alpha value is -2.55. The number of nitrogens with zero attached hydrogens (tertiary/aromatic N) is 2. The molecule has 0 saturated carbocycles. The highest BCUT2D eigenvalue weighted by molar-refractivity contribution is 9.10. The molecule has 0 fully saturated rings. The second kappa shape index (κ2) is 11.5. The molecule has 37 heavy (non-hydrogen) atoms. The second-order valence-corrected chi connectivity index (χ2v) is 12.1. The van der Waals surface area contributed by atoms with Crippen LogP contribution in [0.2, 0.25) is 0 Å². The van der Waals surface area contributed by atoms with Crippen molar-refractivity contribution in [2.24, 2.45) is 0 Å². The quantitative estimate of drug-likeness (QED) is 0.266. The number of unbranched alkanes of at least 4 members (excludes halogenated alkanes) is 1. The van der Waals surface area contributed by atoms with Crippen LogP contribution < -0.4 is 14.4 Å². The summed E-state index contributed by atoms with van der Waals surface area (Å²) in [6.45, 7) is 5.05. The number of hydrogen-bond acceptors (Lipinski definition) is 5. The molecule has 1 heterocycles. The number of rotatable bonds is 9. The average Bonchev–Trinajstić information content (AvgIpc) is 2.99. The molecule has 3 aromatic rings. The van der Waals surface area contributed by atoms with Crippen molar-refractivity contribution >= 4 is 37.3 Å². The maximum absolute atomic E-state index is 14.6. The summed E-state index contributed by atoms with van der Waals surface area (Å²) in [5.41, 5.74) is 1.89. The van der Waals surface area contributed by atoms with E-state index in [0.29, 0.717) is 28.9 Å². The van der Waals surface area contributed by atoms with Crippen LogP contribution in [0, 0.1) is 0 Å². The van der Waals surface area contributed by atoms with E-state index in [0.717, 1.165) is 36.3 Å². The topological polar surface area (TPSA) is 59.1 Å². The first-order valence-corrected chi connectivity index (χ1v) is 14.9. The van der Waals surface area contributed by atoms with Gasteiger partial charge in [0.15, 0.2) is 0 Å². The van der Waals surface area contributed by atoms with Crippen LogP contribution in [0.4, 0.5) is 11.4 Å². The van der Waals surface area contributed by atoms with E-state index >= 15 is 0 Å². The molecule has 0 spiro atoms. The van der Waals surface area contributed by atoms with Crippen molar-refractivity contribution in [2.75, 3.05) is 25.7 Å². The van der Waals surface area contributed by atoms with E-state index in [1.807, 2.05) is 60.7 Å². The zero-order valence-corrected chi connectivity index (χ0v) is 24.3. The Morgan fingerprint density at radius 1 is 0.973 bits per heavy atom. The summed E-state index contributed by atoms with van der Waals surface area (Å²) < 4.78 is 42.6. The lowest BCUT2D eigenvalue weighted by molar-refractivity contribution is 0.163. The monoisotopic (exact) mass is 586 g/mol. The lowest BCUT2D eigenvalue weighted by atomic mass is 9.88. The Morgan fingerprint density at radius 2 is 1.68 bits per heavy atom. The van der Waals surface area contributed by atoms with Crippen LogP contribution >= 0.6 is 15.9 Å². The Bertz CT molecular complexity index is 1320. The third-order valence-electron chi connectivity index (χ3n) is 7.28. The van der Waals surface area contributed by atoms with Crippen molar-refractivity contribution in [3.63, 3.8) is 0 Å². The van der Waals surface area contributed by atoms with Gasteiger partial charge in [-0.05, 0) is 64.7 Å². The summed E-state index contributed by atoms with van der Waals surface area (Å²) in [4.78, 5) is 2.40. The van der Waals surface area contributed by atoms with E-state index in [1.54, 1.807) is 24.6 Å². The Kier molecular flexibility index (Phi) is 8.51. The molecule has 0 bridgehead atoms. The summed E-state index contributed by atoms with van der Waals surface area (Å²) in [5, 5.41) is 0. The number of anilines is 2. The van der Waals surface area contributed by atoms with Crippen molar-refractivity contribution in [3.05, 3.63) is 76.8 Å². The van der Waals surface area contributed by atoms with Gasteiger partial charge in [0.1, 0.15) is 16.4 Å². The maximum atomic E-state index is 14.6. The third-order valence-corrected chi connectivity index (χ3v) is 9.88. The van der Waals surface area contributed by atoms with E-state index < -0.39 is 15.6 Å². The molecule has 0 aliphatic carbocycles. The van der Waals surface area contributed by atoms with Gasteiger partial charge in [-0.1, -0.05) is 57.0 Å². The summed E-state index contributed by atoms with van der Waals surface area (Å²) in [7, 11) is -0.734. The molecule has 0 aromatic heterocycles. The van der Waals surface area contributed by atoms with Crippen LogP contribution in [-0.2, 0) is 16.6 Å². The van der Waals surface area contributed by atoms with Gasteiger partial charge in [-0.3, -0.25) is 0 Å². The number of ether oxygens (including phenoxy) is 2. The van der Waals surface area contributed by atoms with Crippen molar-refractivity contribution in [3.8, 4) is 11.5 Å². The minimum atomic E-state index is -3.91. The highest BCUT2D eigenvalue weighted by atomic mass is 79.9. The Labute approximate surface area is 229 Å². The number of benzene rings is 3. The van der Waals surface area contributed by atoms with Crippen LogP contribution in [0.3, 0.4) is 0 Å². The first-order chi connectivity index (χ1) is 17.8. The molecular weight excluding hydrogens is 552 g/mol. The van der Waals surface area contributed by atoms with Crippen molar-refractivity contribution in [1.29, 1.82) is 0 Å². The molecule has 4 rings (SSSR count). The number of para-hydroxylation sites is 1. The highest BCUT2D eigenvalue weighted by Crippen LogP contribution is 2.47. The van der Waals surface area contributed by atoms with Gasteiger partial charge in [-0.2, -0.15) is 4.31 Å². The van der Waals surface area contributed by atoms with Gasteiger partial charge in [-0.15, -0.1) is 0 Å². The lowest BCUT2D eigenvalue weighted by Gasteiger charge is -2.43. The van der Waals surface area contributed by atoms with Crippen LogP contribution in [0.15, 0.2) is 76.1 Å². The molecule has 6 nitrogen and oxygen atoms in total. The molecule has 1 aliphatic heterocycles. The van der Waals surface area contributed by atoms with Crippen LogP contribution in [0.1, 0.15) is 45.1 Å². The highest BCUT2D eigenvalue weighted by Gasteiger charge is 2.48. The third kappa shape index (κ3) is 5.38. The number of sulfonamides is 1. The number of fused-ring (bicyclic) bond motifs is 1. The van der Waals surface area contributed by atoms with Gasteiger partial charge in [0.2, 0.25) is 10.0 Å². The van der Waals surface area contributed by atoms with Gasteiger partial charge in [0.05, 0.1) is 29.9 Å². The van der Waals surface area contributed by atoms with Gasteiger partial charge >= 0.3 is 0 Å². The Balaban J connectivity index is 1.97. The van der Waals surface area contributed by atoms with Crippen LogP contribution in [0.5, 0.6) is 11.5 Å². The van der Waals surface area contributed by atoms with Gasteiger partial charge in [-0.25, -0.2) is 8.42 Å². The fourth-order valence-corrected chi connectivity index (χ4v) is 7.62. The summed E-state index contributed by atoms with van der Waals surface area (Å²) in [5.74, 6) is 1.22. The Morgan fingerprint density at radius 3 is 2.27 bits per heavy atom. The van der Waals surface area contributed by atoms with E-state index in [-0.39, 0.29) is 11.4 Å². The molecule has 1 unspecified atom stereocenters. The summed E-state index contributed by atoms with van der Waals surface area (Å²) in [6.07, 6.45) is 3.34. The van der Waals surface area contributed by atoms with Crippen molar-refractivity contribution in [1.82, 2.24) is 4.31 Å². The lowest BCUT2D eigenvalue weighted by Crippen LogP contribution is -2.54. The number of halogens is 1. The van der Waals surface area contributed by atoms with Crippen LogP contribution in [0.25, 0.3) is 0 Å². The predicted octanol–water partition coefficient (Wildman–Crippen LogP) is 7.15. The normalized spacial score (nSPS) is 19.2. The van der Waals surface area contributed by atoms with Gasteiger partial charge in [0, 0.05) is 24.8 Å². The molecule has 1 aliphatic rings. The minimum absolute atomic E-state index is 0.247. The minimum Gasteiger partial charge on any atom is -0.497 e. The molecule has 0 amide bonds.